The lowest BCUT2D eigenvalue weighted by Crippen LogP contribution is -2.39. The van der Waals surface area contributed by atoms with Crippen LogP contribution in [0.2, 0.25) is 0 Å². The van der Waals surface area contributed by atoms with Crippen LogP contribution in [-0.2, 0) is 0 Å². The molecular formula is C12H17NO4. The van der Waals surface area contributed by atoms with Gasteiger partial charge in [-0.25, -0.2) is 0 Å². The van der Waals surface area contributed by atoms with Crippen molar-refractivity contribution in [2.45, 2.75) is 19.9 Å². The minimum absolute atomic E-state index is 0.0344. The molecule has 1 aromatic rings. The van der Waals surface area contributed by atoms with E-state index in [9.17, 15) is 15.0 Å². The third kappa shape index (κ3) is 3.10. The van der Waals surface area contributed by atoms with E-state index < -0.39 is 5.91 Å². The minimum Gasteiger partial charge on any atom is -0.508 e. The van der Waals surface area contributed by atoms with Gasteiger partial charge < -0.3 is 20.2 Å². The minimum atomic E-state index is -0.414. The first-order chi connectivity index (χ1) is 7.97. The van der Waals surface area contributed by atoms with Gasteiger partial charge in [0.1, 0.15) is 11.5 Å². The number of amides is 1. The average molecular weight is 239 g/mol. The lowest BCUT2D eigenvalue weighted by Gasteiger charge is -2.26. The molecule has 94 valence electrons. The van der Waals surface area contributed by atoms with Crippen molar-refractivity contribution in [3.63, 3.8) is 0 Å². The molecule has 5 nitrogen and oxygen atoms in total. The Bertz CT molecular complexity index is 403. The van der Waals surface area contributed by atoms with E-state index in [2.05, 4.69) is 0 Å². The monoisotopic (exact) mass is 239 g/mol. The molecule has 17 heavy (non-hydrogen) atoms. The summed E-state index contributed by atoms with van der Waals surface area (Å²) in [6.07, 6.45) is 0. The molecule has 0 aliphatic carbocycles. The van der Waals surface area contributed by atoms with Crippen LogP contribution in [0.15, 0.2) is 18.2 Å². The van der Waals surface area contributed by atoms with Crippen LogP contribution in [0.1, 0.15) is 24.2 Å². The van der Waals surface area contributed by atoms with Crippen LogP contribution in [0.25, 0.3) is 0 Å². The number of benzene rings is 1. The Kier molecular flexibility index (Phi) is 4.34. The maximum absolute atomic E-state index is 12.1. The molecule has 0 unspecified atom stereocenters. The van der Waals surface area contributed by atoms with Gasteiger partial charge in [0, 0.05) is 12.6 Å². The smallest absolute Gasteiger partial charge is 0.258 e. The van der Waals surface area contributed by atoms with Crippen molar-refractivity contribution in [2.75, 3.05) is 13.2 Å². The number of aliphatic hydroxyl groups is 1. The lowest BCUT2D eigenvalue weighted by atomic mass is 10.1. The number of carbonyl (C=O) groups is 1. The van der Waals surface area contributed by atoms with Crippen LogP contribution in [0.3, 0.4) is 0 Å². The van der Waals surface area contributed by atoms with E-state index in [1.54, 1.807) is 0 Å². The number of phenolic OH excluding ortho intramolecular Hbond substituents is 2. The van der Waals surface area contributed by atoms with Gasteiger partial charge in [-0.15, -0.1) is 0 Å². The van der Waals surface area contributed by atoms with Crippen molar-refractivity contribution < 1.29 is 20.1 Å². The van der Waals surface area contributed by atoms with Gasteiger partial charge in [-0.2, -0.15) is 0 Å². The quantitative estimate of drug-likeness (QED) is 0.683. The molecule has 0 heterocycles. The number of carbonyl (C=O) groups excluding carboxylic acids is 1. The highest BCUT2D eigenvalue weighted by Crippen LogP contribution is 2.24. The molecule has 0 spiro atoms. The third-order valence-electron chi connectivity index (χ3n) is 2.44. The molecule has 0 aliphatic heterocycles. The van der Waals surface area contributed by atoms with E-state index in [-0.39, 0.29) is 36.3 Å². The number of phenols is 2. The molecule has 1 rings (SSSR count). The van der Waals surface area contributed by atoms with Gasteiger partial charge in [0.05, 0.1) is 12.2 Å². The van der Waals surface area contributed by atoms with Crippen molar-refractivity contribution in [1.82, 2.24) is 4.90 Å². The molecule has 5 heteroatoms. The molecule has 1 aromatic carbocycles. The number of hydrogen-bond donors (Lipinski definition) is 3. The van der Waals surface area contributed by atoms with Gasteiger partial charge >= 0.3 is 0 Å². The summed E-state index contributed by atoms with van der Waals surface area (Å²) in [5, 5.41) is 27.8. The number of aliphatic hydroxyl groups excluding tert-OH is 1. The van der Waals surface area contributed by atoms with E-state index in [1.807, 2.05) is 13.8 Å². The van der Waals surface area contributed by atoms with E-state index in [0.29, 0.717) is 0 Å². The zero-order valence-electron chi connectivity index (χ0n) is 9.92. The van der Waals surface area contributed by atoms with Gasteiger partial charge in [-0.1, -0.05) is 0 Å². The molecule has 0 bridgehead atoms. The number of aromatic hydroxyl groups is 2. The van der Waals surface area contributed by atoms with Crippen molar-refractivity contribution in [2.24, 2.45) is 0 Å². The fraction of sp³-hybridized carbons (Fsp3) is 0.417. The van der Waals surface area contributed by atoms with Gasteiger partial charge in [0.15, 0.2) is 0 Å². The van der Waals surface area contributed by atoms with Crippen LogP contribution in [0.5, 0.6) is 11.5 Å². The zero-order chi connectivity index (χ0) is 13.0. The highest BCUT2D eigenvalue weighted by Gasteiger charge is 2.21. The standard InChI is InChI=1S/C12H17NO4/c1-8(2)13(5-6-14)12(17)10-7-9(15)3-4-11(10)16/h3-4,7-8,14-16H,5-6H2,1-2H3. The summed E-state index contributed by atoms with van der Waals surface area (Å²) in [5.41, 5.74) is 0.0344. The second-order valence-electron chi connectivity index (χ2n) is 4.02. The maximum Gasteiger partial charge on any atom is 0.258 e. The van der Waals surface area contributed by atoms with Gasteiger partial charge in [-0.05, 0) is 32.0 Å². The van der Waals surface area contributed by atoms with Crippen LogP contribution in [0.4, 0.5) is 0 Å². The van der Waals surface area contributed by atoms with Gasteiger partial charge in [0.2, 0.25) is 0 Å². The molecular weight excluding hydrogens is 222 g/mol. The maximum atomic E-state index is 12.1. The molecule has 0 aromatic heterocycles. The number of hydrogen-bond acceptors (Lipinski definition) is 4. The summed E-state index contributed by atoms with van der Waals surface area (Å²) >= 11 is 0. The molecule has 3 N–H and O–H groups in total. The predicted molar refractivity (Wildman–Crippen MR) is 63.0 cm³/mol. The molecule has 0 saturated carbocycles. The second-order valence-corrected chi connectivity index (χ2v) is 4.02. The first-order valence-electron chi connectivity index (χ1n) is 5.41. The normalized spacial score (nSPS) is 10.6. The van der Waals surface area contributed by atoms with E-state index in [1.165, 1.54) is 23.1 Å². The van der Waals surface area contributed by atoms with E-state index >= 15 is 0 Å². The first kappa shape index (κ1) is 13.3. The molecule has 0 saturated heterocycles. The predicted octanol–water partition coefficient (Wildman–Crippen LogP) is 0.941. The average Bonchev–Trinajstić information content (AvgIpc) is 2.28. The summed E-state index contributed by atoms with van der Waals surface area (Å²) in [5.74, 6) is -0.683. The third-order valence-corrected chi connectivity index (χ3v) is 2.44. The Morgan fingerprint density at radius 1 is 1.35 bits per heavy atom. The Balaban J connectivity index is 3.04. The Morgan fingerprint density at radius 3 is 2.53 bits per heavy atom. The summed E-state index contributed by atoms with van der Waals surface area (Å²) in [6, 6.07) is 3.68. The Morgan fingerprint density at radius 2 is 2.00 bits per heavy atom. The number of nitrogens with zero attached hydrogens (tertiary/aromatic N) is 1. The van der Waals surface area contributed by atoms with Gasteiger partial charge in [0.25, 0.3) is 5.91 Å². The van der Waals surface area contributed by atoms with Crippen molar-refractivity contribution in [1.29, 1.82) is 0 Å². The summed E-state index contributed by atoms with van der Waals surface area (Å²) in [4.78, 5) is 13.5. The highest BCUT2D eigenvalue weighted by atomic mass is 16.3. The summed E-state index contributed by atoms with van der Waals surface area (Å²) in [6.45, 7) is 3.66. The van der Waals surface area contributed by atoms with Crippen LogP contribution < -0.4 is 0 Å². The Hall–Kier alpha value is -1.75. The largest absolute Gasteiger partial charge is 0.508 e. The fourth-order valence-electron chi connectivity index (χ4n) is 1.55. The number of rotatable bonds is 4. The van der Waals surface area contributed by atoms with Crippen molar-refractivity contribution in [3.05, 3.63) is 23.8 Å². The Labute approximate surface area is 99.9 Å². The summed E-state index contributed by atoms with van der Waals surface area (Å²) < 4.78 is 0. The SMILES string of the molecule is CC(C)N(CCO)C(=O)c1cc(O)ccc1O. The van der Waals surface area contributed by atoms with Crippen molar-refractivity contribution >= 4 is 5.91 Å². The van der Waals surface area contributed by atoms with E-state index in [4.69, 9.17) is 5.11 Å². The van der Waals surface area contributed by atoms with Gasteiger partial charge in [-0.3, -0.25) is 4.79 Å². The van der Waals surface area contributed by atoms with Crippen LogP contribution in [0, 0.1) is 0 Å². The van der Waals surface area contributed by atoms with Crippen molar-refractivity contribution in [3.8, 4) is 11.5 Å². The zero-order valence-corrected chi connectivity index (χ0v) is 9.92. The summed E-state index contributed by atoms with van der Waals surface area (Å²) in [7, 11) is 0. The molecule has 0 fully saturated rings. The highest BCUT2D eigenvalue weighted by molar-refractivity contribution is 5.97. The molecule has 0 atom stereocenters. The lowest BCUT2D eigenvalue weighted by molar-refractivity contribution is 0.0662. The second kappa shape index (κ2) is 5.54. The molecule has 1 amide bonds. The fourth-order valence-corrected chi connectivity index (χ4v) is 1.55. The topological polar surface area (TPSA) is 81.0 Å². The van der Waals surface area contributed by atoms with Crippen LogP contribution >= 0.6 is 0 Å². The molecule has 0 aliphatic rings. The van der Waals surface area contributed by atoms with Crippen LogP contribution in [-0.4, -0.2) is 45.3 Å². The molecule has 0 radical (unpaired) electrons. The first-order valence-corrected chi connectivity index (χ1v) is 5.41. The van der Waals surface area contributed by atoms with E-state index in [0.717, 1.165) is 0 Å².